The van der Waals surface area contributed by atoms with E-state index in [1.165, 1.54) is 6.07 Å². The highest BCUT2D eigenvalue weighted by molar-refractivity contribution is 9.10. The minimum Gasteiger partial charge on any atom is -0.369 e. The lowest BCUT2D eigenvalue weighted by atomic mass is 10.1. The molecule has 1 aliphatic rings. The summed E-state index contributed by atoms with van der Waals surface area (Å²) in [6.07, 6.45) is -2.43. The number of anilines is 1. The lowest BCUT2D eigenvalue weighted by Crippen LogP contribution is -2.44. The number of rotatable bonds is 2. The number of hydrogen-bond donors (Lipinski definition) is 0. The van der Waals surface area contributed by atoms with Crippen molar-refractivity contribution in [2.75, 3.05) is 38.1 Å². The van der Waals surface area contributed by atoms with Crippen molar-refractivity contribution in [1.82, 2.24) is 4.90 Å². The molecule has 0 atom stereocenters. The molecule has 17 heavy (non-hydrogen) atoms. The van der Waals surface area contributed by atoms with Gasteiger partial charge in [-0.2, -0.15) is 0 Å². The average molecular weight is 305 g/mol. The summed E-state index contributed by atoms with van der Waals surface area (Å²) < 4.78 is 26.7. The Morgan fingerprint density at radius 3 is 2.41 bits per heavy atom. The number of benzene rings is 1. The Labute approximate surface area is 108 Å². The summed E-state index contributed by atoms with van der Waals surface area (Å²) in [5, 5.41) is 0. The first-order valence-electron chi connectivity index (χ1n) is 5.59. The maximum Gasteiger partial charge on any atom is 0.265 e. The van der Waals surface area contributed by atoms with Gasteiger partial charge in [0.25, 0.3) is 6.43 Å². The molecule has 5 heteroatoms. The van der Waals surface area contributed by atoms with E-state index in [0.29, 0.717) is 10.2 Å². The van der Waals surface area contributed by atoms with Crippen molar-refractivity contribution in [2.45, 2.75) is 6.43 Å². The topological polar surface area (TPSA) is 6.48 Å². The third-order valence-corrected chi connectivity index (χ3v) is 3.56. The van der Waals surface area contributed by atoms with Crippen LogP contribution in [0.15, 0.2) is 22.7 Å². The molecule has 0 spiro atoms. The van der Waals surface area contributed by atoms with Crippen LogP contribution < -0.4 is 4.90 Å². The highest BCUT2D eigenvalue weighted by Gasteiger charge is 2.20. The summed E-state index contributed by atoms with van der Waals surface area (Å²) in [5.74, 6) is 0. The van der Waals surface area contributed by atoms with Crippen LogP contribution in [0.2, 0.25) is 0 Å². The second-order valence-corrected chi connectivity index (χ2v) is 5.21. The first-order chi connectivity index (χ1) is 8.08. The first kappa shape index (κ1) is 12.8. The number of piperazine rings is 1. The molecule has 1 saturated heterocycles. The summed E-state index contributed by atoms with van der Waals surface area (Å²) >= 11 is 3.24. The Morgan fingerprint density at radius 1 is 1.18 bits per heavy atom. The fraction of sp³-hybridized carbons (Fsp3) is 0.500. The lowest BCUT2D eigenvalue weighted by molar-refractivity contribution is 0.151. The average Bonchev–Trinajstić information content (AvgIpc) is 2.30. The van der Waals surface area contributed by atoms with Gasteiger partial charge in [-0.15, -0.1) is 0 Å². The third-order valence-electron chi connectivity index (χ3n) is 3.07. The molecule has 0 unspecified atom stereocenters. The fourth-order valence-electron chi connectivity index (χ4n) is 2.04. The third kappa shape index (κ3) is 2.96. The molecule has 0 bridgehead atoms. The maximum atomic E-state index is 13.0. The van der Waals surface area contributed by atoms with Crippen LogP contribution in [0, 0.1) is 0 Å². The van der Waals surface area contributed by atoms with E-state index in [4.69, 9.17) is 0 Å². The van der Waals surface area contributed by atoms with E-state index < -0.39 is 6.43 Å². The van der Waals surface area contributed by atoms with Crippen molar-refractivity contribution in [3.63, 3.8) is 0 Å². The molecule has 0 saturated carbocycles. The van der Waals surface area contributed by atoms with Crippen molar-refractivity contribution in [3.8, 4) is 0 Å². The number of nitrogens with zero attached hydrogens (tertiary/aromatic N) is 2. The maximum absolute atomic E-state index is 13.0. The van der Waals surface area contributed by atoms with E-state index >= 15 is 0 Å². The molecule has 94 valence electrons. The van der Waals surface area contributed by atoms with Gasteiger partial charge in [0.1, 0.15) is 0 Å². The van der Waals surface area contributed by atoms with Crippen molar-refractivity contribution < 1.29 is 8.78 Å². The molecule has 1 aliphatic heterocycles. The molecule has 1 heterocycles. The molecule has 0 N–H and O–H groups in total. The molecule has 1 fully saturated rings. The minimum atomic E-state index is -2.43. The van der Waals surface area contributed by atoms with Gasteiger partial charge in [-0.1, -0.05) is 15.9 Å². The van der Waals surface area contributed by atoms with E-state index in [1.54, 1.807) is 6.07 Å². The molecular weight excluding hydrogens is 290 g/mol. The van der Waals surface area contributed by atoms with Crippen LogP contribution in [0.5, 0.6) is 0 Å². The van der Waals surface area contributed by atoms with Crippen molar-refractivity contribution >= 4 is 21.6 Å². The number of alkyl halides is 2. The van der Waals surface area contributed by atoms with Crippen LogP contribution in [0.4, 0.5) is 14.5 Å². The molecular formula is C12H15BrF2N2. The number of likely N-dealkylation sites (N-methyl/N-ethyl adjacent to an activating group) is 1. The van der Waals surface area contributed by atoms with Gasteiger partial charge in [0.2, 0.25) is 0 Å². The highest BCUT2D eigenvalue weighted by Crippen LogP contribution is 2.32. The van der Waals surface area contributed by atoms with Gasteiger partial charge in [0, 0.05) is 41.9 Å². The lowest BCUT2D eigenvalue weighted by Gasteiger charge is -2.35. The zero-order chi connectivity index (χ0) is 12.4. The molecule has 0 radical (unpaired) electrons. The highest BCUT2D eigenvalue weighted by atomic mass is 79.9. The normalized spacial score (nSPS) is 17.8. The smallest absolute Gasteiger partial charge is 0.265 e. The van der Waals surface area contributed by atoms with Crippen molar-refractivity contribution in [3.05, 3.63) is 28.2 Å². The van der Waals surface area contributed by atoms with Crippen LogP contribution in [0.25, 0.3) is 0 Å². The molecule has 2 nitrogen and oxygen atoms in total. The van der Waals surface area contributed by atoms with Gasteiger partial charge in [0.05, 0.1) is 0 Å². The van der Waals surface area contributed by atoms with Crippen LogP contribution >= 0.6 is 15.9 Å². The summed E-state index contributed by atoms with van der Waals surface area (Å²) in [7, 11) is 2.05. The SMILES string of the molecule is CN1CCN(c2ccc(Br)cc2C(F)F)CC1. The molecule has 0 amide bonds. The Morgan fingerprint density at radius 2 is 1.82 bits per heavy atom. The summed E-state index contributed by atoms with van der Waals surface area (Å²) in [6, 6.07) is 5.11. The zero-order valence-electron chi connectivity index (χ0n) is 9.67. The van der Waals surface area contributed by atoms with Gasteiger partial charge < -0.3 is 9.80 Å². The van der Waals surface area contributed by atoms with Gasteiger partial charge in [-0.3, -0.25) is 0 Å². The second kappa shape index (κ2) is 5.31. The van der Waals surface area contributed by atoms with Gasteiger partial charge in [-0.05, 0) is 25.2 Å². The monoisotopic (exact) mass is 304 g/mol. The summed E-state index contributed by atoms with van der Waals surface area (Å²) in [5.41, 5.74) is 0.778. The Bertz CT molecular complexity index is 390. The molecule has 1 aromatic rings. The number of hydrogen-bond acceptors (Lipinski definition) is 2. The minimum absolute atomic E-state index is 0.115. The van der Waals surface area contributed by atoms with Crippen molar-refractivity contribution in [1.29, 1.82) is 0 Å². The largest absolute Gasteiger partial charge is 0.369 e. The Kier molecular flexibility index (Phi) is 3.99. The Balaban J connectivity index is 2.25. The van der Waals surface area contributed by atoms with Crippen LogP contribution in [0.3, 0.4) is 0 Å². The summed E-state index contributed by atoms with van der Waals surface area (Å²) in [6.45, 7) is 3.44. The standard InChI is InChI=1S/C12H15BrF2N2/c1-16-4-6-17(7-5-16)11-3-2-9(13)8-10(11)12(14)15/h2-3,8,12H,4-7H2,1H3. The quantitative estimate of drug-likeness (QED) is 0.828. The Hall–Kier alpha value is -0.680. The fourth-order valence-corrected chi connectivity index (χ4v) is 2.41. The van der Waals surface area contributed by atoms with Gasteiger partial charge >= 0.3 is 0 Å². The van der Waals surface area contributed by atoms with Gasteiger partial charge in [-0.25, -0.2) is 8.78 Å². The molecule has 0 aromatic heterocycles. The predicted octanol–water partition coefficient (Wildman–Crippen LogP) is 3.14. The van der Waals surface area contributed by atoms with E-state index in [1.807, 2.05) is 18.0 Å². The molecule has 0 aliphatic carbocycles. The van der Waals surface area contributed by atoms with Crippen LogP contribution in [-0.4, -0.2) is 38.1 Å². The molecule has 2 rings (SSSR count). The van der Waals surface area contributed by atoms with E-state index in [2.05, 4.69) is 20.8 Å². The van der Waals surface area contributed by atoms with E-state index in [0.717, 1.165) is 26.2 Å². The zero-order valence-corrected chi connectivity index (χ0v) is 11.3. The number of halogens is 3. The van der Waals surface area contributed by atoms with Crippen LogP contribution in [0.1, 0.15) is 12.0 Å². The summed E-state index contributed by atoms with van der Waals surface area (Å²) in [4.78, 5) is 4.24. The van der Waals surface area contributed by atoms with Crippen molar-refractivity contribution in [2.24, 2.45) is 0 Å². The van der Waals surface area contributed by atoms with E-state index in [-0.39, 0.29) is 5.56 Å². The van der Waals surface area contributed by atoms with E-state index in [9.17, 15) is 8.78 Å². The second-order valence-electron chi connectivity index (χ2n) is 4.29. The van der Waals surface area contributed by atoms with Crippen LogP contribution in [-0.2, 0) is 0 Å². The molecule has 1 aromatic carbocycles. The first-order valence-corrected chi connectivity index (χ1v) is 6.38. The van der Waals surface area contributed by atoms with Gasteiger partial charge in [0.15, 0.2) is 0 Å². The predicted molar refractivity (Wildman–Crippen MR) is 68.8 cm³/mol.